The Morgan fingerprint density at radius 3 is 2.67 bits per heavy atom. The Kier molecular flexibility index (Phi) is 3.32. The maximum Gasteiger partial charge on any atom is 0.280 e. The van der Waals surface area contributed by atoms with E-state index in [-0.39, 0.29) is 16.8 Å². The Balaban J connectivity index is 3.47. The van der Waals surface area contributed by atoms with E-state index >= 15 is 0 Å². The highest BCUT2D eigenvalue weighted by atomic mass is 35.5. The molecule has 6 heteroatoms. The normalized spacial score (nSPS) is 10.1. The van der Waals surface area contributed by atoms with Crippen molar-refractivity contribution in [3.8, 4) is 6.07 Å². The molecule has 0 saturated heterocycles. The predicted octanol–water partition coefficient (Wildman–Crippen LogP) is 2.58. The number of rotatable bonds is 2. The van der Waals surface area contributed by atoms with Crippen LogP contribution in [0.1, 0.15) is 33.7 Å². The third kappa shape index (κ3) is 2.28. The minimum absolute atomic E-state index is 0.0238. The quantitative estimate of drug-likeness (QED) is 0.734. The number of hydrogen-bond donors (Lipinski definition) is 0. The lowest BCUT2D eigenvalue weighted by Crippen LogP contribution is -2.04. The van der Waals surface area contributed by atoms with Crippen LogP contribution < -0.4 is 0 Å². The Morgan fingerprint density at radius 2 is 2.27 bits per heavy atom. The van der Waals surface area contributed by atoms with Crippen molar-refractivity contribution in [2.75, 3.05) is 0 Å². The van der Waals surface area contributed by atoms with Gasteiger partial charge in [-0.15, -0.1) is 0 Å². The summed E-state index contributed by atoms with van der Waals surface area (Å²) in [6, 6.07) is 2.65. The molecule has 1 heterocycles. The van der Waals surface area contributed by atoms with Crippen molar-refractivity contribution in [1.29, 1.82) is 5.26 Å². The predicted molar refractivity (Wildman–Crippen MR) is 48.8 cm³/mol. The summed E-state index contributed by atoms with van der Waals surface area (Å²) in [6.45, 7) is 1.43. The number of hydrogen-bond acceptors (Lipinski definition) is 3. The fourth-order valence-corrected chi connectivity index (χ4v) is 1.23. The van der Waals surface area contributed by atoms with Gasteiger partial charge in [0, 0.05) is 0 Å². The highest BCUT2D eigenvalue weighted by Gasteiger charge is 2.18. The van der Waals surface area contributed by atoms with Crippen molar-refractivity contribution in [2.45, 2.75) is 13.3 Å². The smallest absolute Gasteiger partial charge is 0.274 e. The first kappa shape index (κ1) is 11.5. The monoisotopic (exact) mass is 230 g/mol. The summed E-state index contributed by atoms with van der Waals surface area (Å²) < 4.78 is 24.7. The SMILES string of the molecule is Cc1c(C#N)cc(C(F)F)nc1C(=O)Cl. The van der Waals surface area contributed by atoms with Crippen molar-refractivity contribution in [3.05, 3.63) is 28.6 Å². The van der Waals surface area contributed by atoms with Crippen molar-refractivity contribution >= 4 is 16.8 Å². The summed E-state index contributed by atoms with van der Waals surface area (Å²) in [7, 11) is 0. The summed E-state index contributed by atoms with van der Waals surface area (Å²) in [5.41, 5.74) is -0.738. The van der Waals surface area contributed by atoms with Gasteiger partial charge in [0.25, 0.3) is 11.7 Å². The van der Waals surface area contributed by atoms with Gasteiger partial charge in [0.05, 0.1) is 11.6 Å². The van der Waals surface area contributed by atoms with E-state index < -0.39 is 17.4 Å². The summed E-state index contributed by atoms with van der Waals surface area (Å²) in [5, 5.41) is 7.70. The molecular formula is C9H5ClF2N2O. The van der Waals surface area contributed by atoms with Gasteiger partial charge in [-0.3, -0.25) is 4.79 Å². The molecule has 0 saturated carbocycles. The maximum atomic E-state index is 12.3. The molecule has 0 aliphatic heterocycles. The summed E-state index contributed by atoms with van der Waals surface area (Å²) in [4.78, 5) is 14.3. The summed E-state index contributed by atoms with van der Waals surface area (Å²) >= 11 is 5.16. The van der Waals surface area contributed by atoms with E-state index in [0.29, 0.717) is 0 Å². The zero-order valence-corrected chi connectivity index (χ0v) is 8.35. The Morgan fingerprint density at radius 1 is 1.67 bits per heavy atom. The third-order valence-corrected chi connectivity index (χ3v) is 2.00. The minimum atomic E-state index is -2.84. The van der Waals surface area contributed by atoms with E-state index in [1.807, 2.05) is 0 Å². The molecule has 15 heavy (non-hydrogen) atoms. The third-order valence-electron chi connectivity index (χ3n) is 1.82. The van der Waals surface area contributed by atoms with E-state index in [1.165, 1.54) is 6.92 Å². The molecule has 78 valence electrons. The van der Waals surface area contributed by atoms with Crippen LogP contribution in [0.4, 0.5) is 8.78 Å². The van der Waals surface area contributed by atoms with Crippen molar-refractivity contribution in [2.24, 2.45) is 0 Å². The van der Waals surface area contributed by atoms with E-state index in [0.717, 1.165) is 6.07 Å². The molecule has 0 bridgehead atoms. The lowest BCUT2D eigenvalue weighted by atomic mass is 10.1. The fraction of sp³-hybridized carbons (Fsp3) is 0.222. The number of carbonyl (C=O) groups excluding carboxylic acids is 1. The fourth-order valence-electron chi connectivity index (χ4n) is 1.05. The molecule has 0 aliphatic rings. The van der Waals surface area contributed by atoms with Crippen LogP contribution in [-0.4, -0.2) is 10.2 Å². The van der Waals surface area contributed by atoms with Crippen LogP contribution in [0, 0.1) is 18.3 Å². The highest BCUT2D eigenvalue weighted by molar-refractivity contribution is 6.67. The molecule has 0 spiro atoms. The van der Waals surface area contributed by atoms with Crippen molar-refractivity contribution in [3.63, 3.8) is 0 Å². The van der Waals surface area contributed by atoms with E-state index in [1.54, 1.807) is 6.07 Å². The van der Waals surface area contributed by atoms with Crippen LogP contribution in [0.3, 0.4) is 0 Å². The van der Waals surface area contributed by atoms with Crippen LogP contribution in [0.15, 0.2) is 6.07 Å². The van der Waals surface area contributed by atoms with E-state index in [2.05, 4.69) is 4.98 Å². The molecule has 0 amide bonds. The molecule has 3 nitrogen and oxygen atoms in total. The Hall–Kier alpha value is -1.54. The van der Waals surface area contributed by atoms with Gasteiger partial charge in [-0.25, -0.2) is 13.8 Å². The molecule has 0 radical (unpaired) electrons. The Bertz CT molecular complexity index is 454. The number of aromatic nitrogens is 1. The Labute approximate surface area is 89.3 Å². The number of halogens is 3. The van der Waals surface area contributed by atoms with Gasteiger partial charge in [0.2, 0.25) is 0 Å². The van der Waals surface area contributed by atoms with E-state index in [9.17, 15) is 13.6 Å². The molecule has 0 fully saturated rings. The molecule has 0 unspecified atom stereocenters. The first-order chi connectivity index (χ1) is 6.97. The molecule has 1 aromatic rings. The van der Waals surface area contributed by atoms with Crippen LogP contribution in [0.2, 0.25) is 0 Å². The second-order valence-electron chi connectivity index (χ2n) is 2.75. The van der Waals surface area contributed by atoms with Crippen molar-refractivity contribution in [1.82, 2.24) is 4.98 Å². The highest BCUT2D eigenvalue weighted by Crippen LogP contribution is 2.22. The lowest BCUT2D eigenvalue weighted by Gasteiger charge is -2.05. The second kappa shape index (κ2) is 4.32. The first-order valence-corrected chi connectivity index (χ1v) is 4.24. The molecule has 1 aromatic heterocycles. The minimum Gasteiger partial charge on any atom is -0.274 e. The maximum absolute atomic E-state index is 12.3. The van der Waals surface area contributed by atoms with Gasteiger partial charge in [-0.05, 0) is 30.2 Å². The molecule has 0 aromatic carbocycles. The summed E-state index contributed by atoms with van der Waals surface area (Å²) in [5.74, 6) is 0. The van der Waals surface area contributed by atoms with Gasteiger partial charge in [0.15, 0.2) is 0 Å². The molecule has 0 atom stereocenters. The average molecular weight is 231 g/mol. The first-order valence-electron chi connectivity index (χ1n) is 3.87. The standard InChI is InChI=1S/C9H5ClF2N2O/c1-4-5(3-13)2-6(9(11)12)14-7(4)8(10)15/h2,9H,1H3. The van der Waals surface area contributed by atoms with Gasteiger partial charge in [0.1, 0.15) is 11.4 Å². The zero-order valence-electron chi connectivity index (χ0n) is 7.59. The lowest BCUT2D eigenvalue weighted by molar-refractivity contribution is 0.107. The van der Waals surface area contributed by atoms with Crippen LogP contribution in [0.25, 0.3) is 0 Å². The molecular weight excluding hydrogens is 226 g/mol. The van der Waals surface area contributed by atoms with Gasteiger partial charge in [-0.2, -0.15) is 5.26 Å². The van der Waals surface area contributed by atoms with Gasteiger partial charge >= 0.3 is 0 Å². The van der Waals surface area contributed by atoms with Crippen molar-refractivity contribution < 1.29 is 13.6 Å². The van der Waals surface area contributed by atoms with Crippen LogP contribution >= 0.6 is 11.6 Å². The largest absolute Gasteiger partial charge is 0.280 e. The number of alkyl halides is 2. The number of pyridine rings is 1. The van der Waals surface area contributed by atoms with Gasteiger partial charge in [-0.1, -0.05) is 0 Å². The van der Waals surface area contributed by atoms with Gasteiger partial charge < -0.3 is 0 Å². The number of nitrogens with zero attached hydrogens (tertiary/aromatic N) is 2. The molecule has 1 rings (SSSR count). The van der Waals surface area contributed by atoms with Crippen LogP contribution in [0.5, 0.6) is 0 Å². The second-order valence-corrected chi connectivity index (χ2v) is 3.10. The summed E-state index contributed by atoms with van der Waals surface area (Å²) in [6.07, 6.45) is -2.84. The topological polar surface area (TPSA) is 53.8 Å². The number of carbonyl (C=O) groups is 1. The average Bonchev–Trinajstić information content (AvgIpc) is 2.17. The zero-order chi connectivity index (χ0) is 11.6. The molecule has 0 N–H and O–H groups in total. The van der Waals surface area contributed by atoms with E-state index in [4.69, 9.17) is 16.9 Å². The number of nitriles is 1. The van der Waals surface area contributed by atoms with Crippen LogP contribution in [-0.2, 0) is 0 Å². The molecule has 0 aliphatic carbocycles.